The number of fused-ring (bicyclic) bond motifs is 2. The van der Waals surface area contributed by atoms with E-state index in [1.165, 1.54) is 12.5 Å². The van der Waals surface area contributed by atoms with Gasteiger partial charge in [0.15, 0.2) is 5.82 Å². The number of unbranched alkanes of at least 4 members (excludes halogenated alkanes) is 3. The van der Waals surface area contributed by atoms with E-state index in [0.29, 0.717) is 30.2 Å². The molecule has 1 aromatic carbocycles. The van der Waals surface area contributed by atoms with Crippen molar-refractivity contribution in [1.29, 1.82) is 0 Å². The number of carbonyl (C=O) groups excluding carboxylic acids is 2. The van der Waals surface area contributed by atoms with Crippen molar-refractivity contribution in [3.8, 4) is 0 Å². The average Bonchev–Trinajstić information content (AvgIpc) is 2.92. The van der Waals surface area contributed by atoms with Crippen LogP contribution >= 0.6 is 0 Å². The fourth-order valence-corrected chi connectivity index (χ4v) is 3.99. The van der Waals surface area contributed by atoms with E-state index >= 15 is 0 Å². The fourth-order valence-electron chi connectivity index (χ4n) is 3.99. The lowest BCUT2D eigenvalue weighted by Gasteiger charge is -2.28. The summed E-state index contributed by atoms with van der Waals surface area (Å²) in [5, 5.41) is 0. The molecule has 1 aliphatic heterocycles. The topological polar surface area (TPSA) is 69.6 Å². The Hall–Kier alpha value is -2.80. The van der Waals surface area contributed by atoms with E-state index in [1.807, 2.05) is 24.3 Å². The molecule has 0 saturated carbocycles. The summed E-state index contributed by atoms with van der Waals surface area (Å²) in [5.74, 6) is 0.132. The number of rotatable bonds is 11. The van der Waals surface area contributed by atoms with Crippen molar-refractivity contribution in [3.63, 3.8) is 0 Å². The Labute approximate surface area is 191 Å². The summed E-state index contributed by atoms with van der Waals surface area (Å²) < 4.78 is 0. The van der Waals surface area contributed by atoms with Crippen LogP contribution in [-0.4, -0.2) is 52.9 Å². The van der Waals surface area contributed by atoms with Crippen LogP contribution in [0.25, 0.3) is 0 Å². The zero-order valence-corrected chi connectivity index (χ0v) is 19.6. The van der Waals surface area contributed by atoms with Gasteiger partial charge >= 0.3 is 0 Å². The zero-order chi connectivity index (χ0) is 22.9. The highest BCUT2D eigenvalue weighted by atomic mass is 16.2. The van der Waals surface area contributed by atoms with Crippen LogP contribution in [0.3, 0.4) is 0 Å². The van der Waals surface area contributed by atoms with E-state index in [-0.39, 0.29) is 11.8 Å². The minimum atomic E-state index is -0.161. The molecule has 7 heteroatoms. The smallest absolute Gasteiger partial charge is 0.263 e. The van der Waals surface area contributed by atoms with Crippen molar-refractivity contribution < 1.29 is 9.59 Å². The van der Waals surface area contributed by atoms with Gasteiger partial charge in [-0.05, 0) is 44.5 Å². The van der Waals surface area contributed by atoms with Crippen molar-refractivity contribution in [2.45, 2.75) is 59.3 Å². The first-order valence-corrected chi connectivity index (χ1v) is 11.9. The van der Waals surface area contributed by atoms with Gasteiger partial charge < -0.3 is 4.90 Å². The molecule has 172 valence electrons. The Bertz CT molecular complexity index is 909. The number of carbonyl (C=O) groups is 2. The van der Waals surface area contributed by atoms with Gasteiger partial charge in [-0.3, -0.25) is 19.4 Å². The van der Waals surface area contributed by atoms with Crippen LogP contribution in [0.4, 0.5) is 17.2 Å². The normalized spacial score (nSPS) is 13.2. The van der Waals surface area contributed by atoms with Crippen LogP contribution in [0.1, 0.15) is 69.7 Å². The highest BCUT2D eigenvalue weighted by molar-refractivity contribution is 6.18. The summed E-state index contributed by atoms with van der Waals surface area (Å²) in [4.78, 5) is 41.3. The third kappa shape index (κ3) is 5.33. The molecule has 2 heterocycles. The quantitative estimate of drug-likeness (QED) is 0.505. The number of anilines is 3. The Balaban J connectivity index is 2.03. The monoisotopic (exact) mass is 437 g/mol. The standard InChI is InChI=1S/C25H35N5O2/c1-4-7-14-28(15-8-5-2)18-23(31)30-22-13-11-10-12-21(22)29(16-9-6-3)25(32)20-17-26-19-27-24(20)30/h10-13,17,19H,4-9,14-16,18H2,1-3H3. The molecule has 1 aliphatic rings. The number of hydrogen-bond acceptors (Lipinski definition) is 5. The van der Waals surface area contributed by atoms with Crippen LogP contribution in [0.15, 0.2) is 36.8 Å². The lowest BCUT2D eigenvalue weighted by Crippen LogP contribution is -2.39. The molecule has 0 atom stereocenters. The van der Waals surface area contributed by atoms with E-state index in [4.69, 9.17) is 0 Å². The third-order valence-electron chi connectivity index (χ3n) is 5.79. The van der Waals surface area contributed by atoms with Gasteiger partial charge in [0.25, 0.3) is 5.91 Å². The van der Waals surface area contributed by atoms with E-state index in [2.05, 4.69) is 35.6 Å². The molecule has 3 rings (SSSR count). The fraction of sp³-hybridized carbons (Fsp3) is 0.520. The number of para-hydroxylation sites is 2. The first kappa shape index (κ1) is 23.9. The molecule has 0 unspecified atom stereocenters. The molecule has 0 radical (unpaired) electrons. The van der Waals surface area contributed by atoms with Crippen molar-refractivity contribution in [2.75, 3.05) is 36.0 Å². The molecule has 0 bridgehead atoms. The Kier molecular flexibility index (Phi) is 8.73. The summed E-state index contributed by atoms with van der Waals surface area (Å²) in [6.45, 7) is 9.07. The second kappa shape index (κ2) is 11.7. The molecule has 1 aromatic heterocycles. The first-order valence-electron chi connectivity index (χ1n) is 11.9. The van der Waals surface area contributed by atoms with Gasteiger partial charge in [0, 0.05) is 12.7 Å². The van der Waals surface area contributed by atoms with Crippen LogP contribution in [0.2, 0.25) is 0 Å². The number of hydrogen-bond donors (Lipinski definition) is 0. The molecule has 0 N–H and O–H groups in total. The predicted octanol–water partition coefficient (Wildman–Crippen LogP) is 4.80. The molecule has 0 aliphatic carbocycles. The van der Waals surface area contributed by atoms with Crippen molar-refractivity contribution in [1.82, 2.24) is 14.9 Å². The van der Waals surface area contributed by atoms with E-state index < -0.39 is 0 Å². The van der Waals surface area contributed by atoms with E-state index in [0.717, 1.165) is 57.3 Å². The van der Waals surface area contributed by atoms with E-state index in [9.17, 15) is 9.59 Å². The average molecular weight is 438 g/mol. The van der Waals surface area contributed by atoms with Crippen molar-refractivity contribution in [2.24, 2.45) is 0 Å². The molecule has 2 aromatic rings. The molecule has 7 nitrogen and oxygen atoms in total. The van der Waals surface area contributed by atoms with Gasteiger partial charge in [-0.25, -0.2) is 9.97 Å². The highest BCUT2D eigenvalue weighted by Gasteiger charge is 2.35. The summed E-state index contributed by atoms with van der Waals surface area (Å²) in [6.07, 6.45) is 9.05. The van der Waals surface area contributed by atoms with Gasteiger partial charge in [-0.1, -0.05) is 52.2 Å². The van der Waals surface area contributed by atoms with Gasteiger partial charge in [0.05, 0.1) is 17.9 Å². The number of amides is 2. The summed E-state index contributed by atoms with van der Waals surface area (Å²) in [7, 11) is 0. The molecular weight excluding hydrogens is 402 g/mol. The van der Waals surface area contributed by atoms with Crippen LogP contribution in [0.5, 0.6) is 0 Å². The Morgan fingerprint density at radius 1 is 0.969 bits per heavy atom. The largest absolute Gasteiger partial charge is 0.306 e. The Morgan fingerprint density at radius 3 is 2.28 bits per heavy atom. The summed E-state index contributed by atoms with van der Waals surface area (Å²) in [5.41, 5.74) is 1.80. The van der Waals surface area contributed by atoms with Crippen LogP contribution in [-0.2, 0) is 4.79 Å². The van der Waals surface area contributed by atoms with Gasteiger partial charge in [0.2, 0.25) is 5.91 Å². The Morgan fingerprint density at radius 2 is 1.62 bits per heavy atom. The van der Waals surface area contributed by atoms with Gasteiger partial charge in [-0.15, -0.1) is 0 Å². The predicted molar refractivity (Wildman–Crippen MR) is 128 cm³/mol. The lowest BCUT2D eigenvalue weighted by atomic mass is 10.2. The molecule has 0 saturated heterocycles. The van der Waals surface area contributed by atoms with Gasteiger partial charge in [-0.2, -0.15) is 0 Å². The summed E-state index contributed by atoms with van der Waals surface area (Å²) >= 11 is 0. The minimum Gasteiger partial charge on any atom is -0.306 e. The minimum absolute atomic E-state index is 0.0743. The van der Waals surface area contributed by atoms with Crippen LogP contribution < -0.4 is 9.80 Å². The van der Waals surface area contributed by atoms with Crippen molar-refractivity contribution in [3.05, 3.63) is 42.4 Å². The molecule has 2 amide bonds. The molecular formula is C25H35N5O2. The maximum atomic E-state index is 13.7. The zero-order valence-electron chi connectivity index (χ0n) is 19.6. The van der Waals surface area contributed by atoms with E-state index in [1.54, 1.807) is 9.80 Å². The number of benzene rings is 1. The molecule has 0 spiro atoms. The third-order valence-corrected chi connectivity index (χ3v) is 5.79. The van der Waals surface area contributed by atoms with Crippen LogP contribution in [0, 0.1) is 0 Å². The second-order valence-electron chi connectivity index (χ2n) is 8.27. The SMILES string of the molecule is CCCCN(CCCC)CC(=O)N1c2ccccc2N(CCCC)C(=O)c2cncnc21. The number of nitrogens with zero attached hydrogens (tertiary/aromatic N) is 5. The first-order chi connectivity index (χ1) is 15.6. The lowest BCUT2D eigenvalue weighted by molar-refractivity contribution is -0.119. The molecule has 0 fully saturated rings. The summed E-state index contributed by atoms with van der Waals surface area (Å²) in [6, 6.07) is 7.62. The highest BCUT2D eigenvalue weighted by Crippen LogP contribution is 2.39. The van der Waals surface area contributed by atoms with Crippen molar-refractivity contribution >= 4 is 29.0 Å². The number of aromatic nitrogens is 2. The maximum absolute atomic E-state index is 13.7. The molecule has 32 heavy (non-hydrogen) atoms. The van der Waals surface area contributed by atoms with Gasteiger partial charge in [0.1, 0.15) is 11.9 Å². The maximum Gasteiger partial charge on any atom is 0.263 e. The second-order valence-corrected chi connectivity index (χ2v) is 8.27.